The van der Waals surface area contributed by atoms with E-state index in [1.54, 1.807) is 29.3 Å². The van der Waals surface area contributed by atoms with E-state index >= 15 is 0 Å². The van der Waals surface area contributed by atoms with Gasteiger partial charge < -0.3 is 15.8 Å². The van der Waals surface area contributed by atoms with E-state index in [-0.39, 0.29) is 11.7 Å². The molecular formula is C14H15F3N4OS2. The molecule has 0 fully saturated rings. The van der Waals surface area contributed by atoms with Gasteiger partial charge in [0.2, 0.25) is 0 Å². The zero-order valence-corrected chi connectivity index (χ0v) is 14.0. The van der Waals surface area contributed by atoms with Gasteiger partial charge in [-0.05, 0) is 30.7 Å². The lowest BCUT2D eigenvalue weighted by atomic mass is 10.3. The van der Waals surface area contributed by atoms with E-state index in [4.69, 9.17) is 5.73 Å². The summed E-state index contributed by atoms with van der Waals surface area (Å²) in [6.07, 6.45) is -2.10. The fourth-order valence-corrected chi connectivity index (χ4v) is 3.26. The number of alkyl halides is 3. The van der Waals surface area contributed by atoms with Crippen molar-refractivity contribution in [1.82, 2.24) is 4.98 Å². The number of nitrogens with one attached hydrogen (secondary N) is 1. The third-order valence-electron chi connectivity index (χ3n) is 2.58. The molecule has 0 atom stereocenters. The van der Waals surface area contributed by atoms with Crippen molar-refractivity contribution in [2.45, 2.75) is 17.1 Å². The molecule has 5 nitrogen and oxygen atoms in total. The van der Waals surface area contributed by atoms with Gasteiger partial charge in [0.1, 0.15) is 10.1 Å². The van der Waals surface area contributed by atoms with E-state index in [0.717, 1.165) is 16.5 Å². The van der Waals surface area contributed by atoms with Gasteiger partial charge in [-0.2, -0.15) is 0 Å². The predicted octanol–water partition coefficient (Wildman–Crippen LogP) is 3.95. The SMILES string of the molecule is NC(=NCCCSc1nccs1)Nc1ccc(OC(F)(F)F)cc1. The van der Waals surface area contributed by atoms with E-state index < -0.39 is 6.36 Å². The van der Waals surface area contributed by atoms with E-state index in [0.29, 0.717) is 12.2 Å². The molecule has 130 valence electrons. The van der Waals surface area contributed by atoms with Gasteiger partial charge in [-0.25, -0.2) is 4.98 Å². The van der Waals surface area contributed by atoms with E-state index in [9.17, 15) is 13.2 Å². The highest BCUT2D eigenvalue weighted by atomic mass is 32.2. The van der Waals surface area contributed by atoms with Crippen LogP contribution in [0.5, 0.6) is 5.75 Å². The van der Waals surface area contributed by atoms with E-state index in [2.05, 4.69) is 20.0 Å². The molecule has 2 rings (SSSR count). The second-order valence-corrected chi connectivity index (χ2v) is 6.70. The molecule has 3 N–H and O–H groups in total. The van der Waals surface area contributed by atoms with Crippen molar-refractivity contribution in [3.05, 3.63) is 35.8 Å². The Morgan fingerprint density at radius 3 is 2.71 bits per heavy atom. The predicted molar refractivity (Wildman–Crippen MR) is 90.7 cm³/mol. The number of anilines is 1. The molecular weight excluding hydrogens is 361 g/mol. The summed E-state index contributed by atoms with van der Waals surface area (Å²) in [4.78, 5) is 8.32. The number of thiazole rings is 1. The molecule has 0 saturated carbocycles. The Balaban J connectivity index is 1.71. The Labute approximate surface area is 145 Å². The monoisotopic (exact) mass is 376 g/mol. The van der Waals surface area contributed by atoms with Gasteiger partial charge in [-0.1, -0.05) is 11.8 Å². The maximum absolute atomic E-state index is 12.1. The third kappa shape index (κ3) is 7.09. The summed E-state index contributed by atoms with van der Waals surface area (Å²) in [6.45, 7) is 0.548. The van der Waals surface area contributed by atoms with Crippen LogP contribution in [0.2, 0.25) is 0 Å². The lowest BCUT2D eigenvalue weighted by Crippen LogP contribution is -2.23. The summed E-state index contributed by atoms with van der Waals surface area (Å²) in [5, 5.41) is 4.73. The average Bonchev–Trinajstić information content (AvgIpc) is 3.01. The first-order valence-corrected chi connectivity index (χ1v) is 8.74. The Morgan fingerprint density at radius 1 is 1.33 bits per heavy atom. The molecule has 0 aliphatic rings. The average molecular weight is 376 g/mol. The summed E-state index contributed by atoms with van der Waals surface area (Å²) >= 11 is 3.25. The van der Waals surface area contributed by atoms with Crippen LogP contribution in [0.3, 0.4) is 0 Å². The molecule has 0 radical (unpaired) electrons. The maximum Gasteiger partial charge on any atom is 0.573 e. The Bertz CT molecular complexity index is 645. The molecule has 10 heteroatoms. The molecule has 0 unspecified atom stereocenters. The first kappa shape index (κ1) is 18.4. The summed E-state index contributed by atoms with van der Waals surface area (Å²) in [6, 6.07) is 5.27. The summed E-state index contributed by atoms with van der Waals surface area (Å²) in [5.74, 6) is 0.801. The van der Waals surface area contributed by atoms with Crippen molar-refractivity contribution in [3.63, 3.8) is 0 Å². The highest BCUT2D eigenvalue weighted by Gasteiger charge is 2.30. The van der Waals surface area contributed by atoms with Crippen molar-refractivity contribution in [2.24, 2.45) is 10.7 Å². The summed E-state index contributed by atoms with van der Waals surface area (Å²) in [7, 11) is 0. The van der Waals surface area contributed by atoms with Gasteiger partial charge in [0.05, 0.1) is 0 Å². The van der Waals surface area contributed by atoms with Gasteiger partial charge in [-0.15, -0.1) is 24.5 Å². The largest absolute Gasteiger partial charge is 0.573 e. The fraction of sp³-hybridized carbons (Fsp3) is 0.286. The fourth-order valence-electron chi connectivity index (χ4n) is 1.63. The lowest BCUT2D eigenvalue weighted by Gasteiger charge is -2.10. The Hall–Kier alpha value is -1.94. The van der Waals surface area contributed by atoms with E-state index in [1.807, 2.05) is 5.38 Å². The van der Waals surface area contributed by atoms with Gasteiger partial charge in [0.15, 0.2) is 5.96 Å². The molecule has 0 aliphatic heterocycles. The number of thioether (sulfide) groups is 1. The third-order valence-corrected chi connectivity index (χ3v) is 4.63. The zero-order valence-electron chi connectivity index (χ0n) is 12.4. The normalized spacial score (nSPS) is 12.2. The number of nitrogens with zero attached hydrogens (tertiary/aromatic N) is 2. The lowest BCUT2D eigenvalue weighted by molar-refractivity contribution is -0.274. The van der Waals surface area contributed by atoms with Gasteiger partial charge in [-0.3, -0.25) is 4.99 Å². The van der Waals surface area contributed by atoms with Crippen LogP contribution in [-0.4, -0.2) is 29.6 Å². The van der Waals surface area contributed by atoms with Crippen LogP contribution in [-0.2, 0) is 0 Å². The molecule has 1 heterocycles. The first-order chi connectivity index (χ1) is 11.4. The Morgan fingerprint density at radius 2 is 2.08 bits per heavy atom. The molecule has 0 saturated heterocycles. The second-order valence-electron chi connectivity index (χ2n) is 4.46. The van der Waals surface area contributed by atoms with Crippen LogP contribution in [0.15, 0.2) is 45.2 Å². The van der Waals surface area contributed by atoms with Crippen LogP contribution in [0.4, 0.5) is 18.9 Å². The molecule has 0 amide bonds. The molecule has 2 aromatic rings. The molecule has 0 bridgehead atoms. The number of guanidine groups is 1. The molecule has 0 aliphatic carbocycles. The first-order valence-electron chi connectivity index (χ1n) is 6.87. The van der Waals surface area contributed by atoms with Crippen molar-refractivity contribution in [3.8, 4) is 5.75 Å². The van der Waals surface area contributed by atoms with Gasteiger partial charge in [0.25, 0.3) is 0 Å². The topological polar surface area (TPSA) is 72.5 Å². The quantitative estimate of drug-likeness (QED) is 0.331. The number of halogens is 3. The number of rotatable bonds is 7. The molecule has 0 spiro atoms. The van der Waals surface area contributed by atoms with Crippen LogP contribution in [0, 0.1) is 0 Å². The minimum absolute atomic E-state index is 0.207. The zero-order chi connectivity index (χ0) is 17.4. The minimum Gasteiger partial charge on any atom is -0.406 e. The number of aromatic nitrogens is 1. The number of ether oxygens (including phenoxy) is 1. The van der Waals surface area contributed by atoms with Crippen LogP contribution < -0.4 is 15.8 Å². The maximum atomic E-state index is 12.1. The number of nitrogens with two attached hydrogens (primary N) is 1. The van der Waals surface area contributed by atoms with Crippen LogP contribution >= 0.6 is 23.1 Å². The number of aliphatic imine (C=N–C) groups is 1. The standard InChI is InChI=1S/C14H15F3N4OS2/c15-14(16,17)22-11-4-2-10(3-5-11)21-12(18)19-6-1-8-23-13-20-7-9-24-13/h2-5,7,9H,1,6,8H2,(H3,18,19,21). The molecule has 1 aromatic heterocycles. The van der Waals surface area contributed by atoms with E-state index in [1.165, 1.54) is 24.3 Å². The smallest absolute Gasteiger partial charge is 0.406 e. The summed E-state index contributed by atoms with van der Waals surface area (Å²) < 4.78 is 41.0. The van der Waals surface area contributed by atoms with Crippen molar-refractivity contribution >= 4 is 34.7 Å². The van der Waals surface area contributed by atoms with Crippen molar-refractivity contribution < 1.29 is 17.9 Å². The number of benzene rings is 1. The molecule has 24 heavy (non-hydrogen) atoms. The van der Waals surface area contributed by atoms with Crippen LogP contribution in [0.25, 0.3) is 0 Å². The minimum atomic E-state index is -4.70. The number of hydrogen-bond acceptors (Lipinski definition) is 5. The summed E-state index contributed by atoms with van der Waals surface area (Å²) in [5.41, 5.74) is 6.26. The van der Waals surface area contributed by atoms with Gasteiger partial charge >= 0.3 is 6.36 Å². The van der Waals surface area contributed by atoms with Crippen molar-refractivity contribution in [1.29, 1.82) is 0 Å². The van der Waals surface area contributed by atoms with Gasteiger partial charge in [0, 0.05) is 29.6 Å². The second kappa shape index (κ2) is 8.78. The Kier molecular flexibility index (Phi) is 6.73. The highest BCUT2D eigenvalue weighted by molar-refractivity contribution is 8.00. The van der Waals surface area contributed by atoms with Crippen molar-refractivity contribution in [2.75, 3.05) is 17.6 Å². The molecule has 1 aromatic carbocycles. The number of hydrogen-bond donors (Lipinski definition) is 2. The highest BCUT2D eigenvalue weighted by Crippen LogP contribution is 2.24. The van der Waals surface area contributed by atoms with Crippen LogP contribution in [0.1, 0.15) is 6.42 Å².